The van der Waals surface area contributed by atoms with Gasteiger partial charge in [0.15, 0.2) is 0 Å². The molecule has 1 fully saturated rings. The summed E-state index contributed by atoms with van der Waals surface area (Å²) < 4.78 is 5.31. The lowest BCUT2D eigenvalue weighted by Gasteiger charge is -2.35. The molecule has 30 heavy (non-hydrogen) atoms. The Morgan fingerprint density at radius 1 is 1.17 bits per heavy atom. The number of nitrogens with one attached hydrogen (secondary N) is 2. The second kappa shape index (κ2) is 10.5. The first-order valence-electron chi connectivity index (χ1n) is 10.3. The Morgan fingerprint density at radius 2 is 1.97 bits per heavy atom. The van der Waals surface area contributed by atoms with Gasteiger partial charge in [0, 0.05) is 37.0 Å². The molecule has 2 N–H and O–H groups in total. The van der Waals surface area contributed by atoms with Crippen LogP contribution in [0.5, 0.6) is 5.75 Å². The first-order valence-corrected chi connectivity index (χ1v) is 10.3. The third kappa shape index (κ3) is 6.11. The van der Waals surface area contributed by atoms with E-state index in [2.05, 4.69) is 21.6 Å². The zero-order valence-electron chi connectivity index (χ0n) is 17.5. The summed E-state index contributed by atoms with van der Waals surface area (Å²) in [6, 6.07) is 16.9. The van der Waals surface area contributed by atoms with E-state index in [1.54, 1.807) is 20.1 Å². The zero-order chi connectivity index (χ0) is 21.3. The number of hydrogen-bond acceptors (Lipinski definition) is 4. The SMILES string of the molecule is COc1cccc(N2CCCC(NC(=O)C(C)NC(=O)/C=C/c3ccccc3)C2)c1. The second-order valence-corrected chi connectivity index (χ2v) is 7.47. The van der Waals surface area contributed by atoms with Crippen LogP contribution in [0, 0.1) is 0 Å². The number of hydrogen-bond donors (Lipinski definition) is 2. The molecular formula is C24H29N3O3. The third-order valence-electron chi connectivity index (χ3n) is 5.17. The zero-order valence-corrected chi connectivity index (χ0v) is 17.5. The summed E-state index contributed by atoms with van der Waals surface area (Å²) in [6.45, 7) is 3.37. The minimum atomic E-state index is -0.606. The number of nitrogens with zero attached hydrogens (tertiary/aromatic N) is 1. The van der Waals surface area contributed by atoms with E-state index >= 15 is 0 Å². The van der Waals surface area contributed by atoms with Crippen molar-refractivity contribution in [2.45, 2.75) is 31.8 Å². The highest BCUT2D eigenvalue weighted by Crippen LogP contribution is 2.24. The second-order valence-electron chi connectivity index (χ2n) is 7.47. The summed E-state index contributed by atoms with van der Waals surface area (Å²) in [5.41, 5.74) is 2.02. The van der Waals surface area contributed by atoms with Crippen molar-refractivity contribution < 1.29 is 14.3 Å². The number of ether oxygens (including phenoxy) is 1. The molecule has 6 heteroatoms. The maximum atomic E-state index is 12.6. The van der Waals surface area contributed by atoms with Gasteiger partial charge in [-0.2, -0.15) is 0 Å². The van der Waals surface area contributed by atoms with Crippen LogP contribution in [0.1, 0.15) is 25.3 Å². The largest absolute Gasteiger partial charge is 0.497 e. The van der Waals surface area contributed by atoms with Crippen molar-refractivity contribution >= 4 is 23.6 Å². The molecule has 2 unspecified atom stereocenters. The van der Waals surface area contributed by atoms with E-state index in [0.717, 1.165) is 42.9 Å². The minimum absolute atomic E-state index is 0.0386. The summed E-state index contributed by atoms with van der Waals surface area (Å²) in [7, 11) is 1.66. The number of rotatable bonds is 7. The number of carbonyl (C=O) groups excluding carboxylic acids is 2. The maximum Gasteiger partial charge on any atom is 0.244 e. The first kappa shape index (κ1) is 21.4. The summed E-state index contributed by atoms with van der Waals surface area (Å²) in [6.07, 6.45) is 5.08. The molecule has 6 nitrogen and oxygen atoms in total. The van der Waals surface area contributed by atoms with E-state index in [1.165, 1.54) is 6.08 Å². The Labute approximate surface area is 177 Å². The highest BCUT2D eigenvalue weighted by atomic mass is 16.5. The van der Waals surface area contributed by atoms with Crippen molar-refractivity contribution in [1.29, 1.82) is 0 Å². The van der Waals surface area contributed by atoms with Crippen LogP contribution in [0.3, 0.4) is 0 Å². The Hall–Kier alpha value is -3.28. The van der Waals surface area contributed by atoms with Gasteiger partial charge in [-0.15, -0.1) is 0 Å². The van der Waals surface area contributed by atoms with Gasteiger partial charge in [-0.05, 0) is 43.5 Å². The highest BCUT2D eigenvalue weighted by Gasteiger charge is 2.24. The first-order chi connectivity index (χ1) is 14.5. The summed E-state index contributed by atoms with van der Waals surface area (Å²) in [4.78, 5) is 27.0. The van der Waals surface area contributed by atoms with Crippen molar-refractivity contribution in [2.75, 3.05) is 25.1 Å². The fourth-order valence-corrected chi connectivity index (χ4v) is 3.53. The number of methoxy groups -OCH3 is 1. The van der Waals surface area contributed by atoms with E-state index in [0.29, 0.717) is 0 Å². The van der Waals surface area contributed by atoms with Gasteiger partial charge in [-0.25, -0.2) is 0 Å². The highest BCUT2D eigenvalue weighted by molar-refractivity contribution is 5.95. The number of anilines is 1. The average Bonchev–Trinajstić information content (AvgIpc) is 2.78. The Balaban J connectivity index is 1.50. The summed E-state index contributed by atoms with van der Waals surface area (Å²) in [5.74, 6) is 0.357. The van der Waals surface area contributed by atoms with Gasteiger partial charge in [-0.1, -0.05) is 36.4 Å². The minimum Gasteiger partial charge on any atom is -0.497 e. The van der Waals surface area contributed by atoms with Crippen molar-refractivity contribution in [2.24, 2.45) is 0 Å². The van der Waals surface area contributed by atoms with Crippen LogP contribution in [-0.2, 0) is 9.59 Å². The normalized spacial score (nSPS) is 17.4. The van der Waals surface area contributed by atoms with Crippen LogP contribution in [-0.4, -0.2) is 44.1 Å². The lowest BCUT2D eigenvalue weighted by atomic mass is 10.0. The fraction of sp³-hybridized carbons (Fsp3) is 0.333. The topological polar surface area (TPSA) is 70.7 Å². The van der Waals surface area contributed by atoms with Crippen LogP contribution >= 0.6 is 0 Å². The van der Waals surface area contributed by atoms with Crippen molar-refractivity contribution in [3.05, 3.63) is 66.2 Å². The van der Waals surface area contributed by atoms with Crippen molar-refractivity contribution in [1.82, 2.24) is 10.6 Å². The van der Waals surface area contributed by atoms with Gasteiger partial charge in [0.1, 0.15) is 11.8 Å². The molecule has 1 heterocycles. The molecule has 0 radical (unpaired) electrons. The number of benzene rings is 2. The van der Waals surface area contributed by atoms with E-state index in [1.807, 2.05) is 48.5 Å². The number of carbonyl (C=O) groups is 2. The molecule has 158 valence electrons. The molecule has 0 spiro atoms. The molecule has 1 saturated heterocycles. The van der Waals surface area contributed by atoms with E-state index < -0.39 is 6.04 Å². The molecule has 0 aromatic heterocycles. The summed E-state index contributed by atoms with van der Waals surface area (Å²) in [5, 5.41) is 5.80. The lowest BCUT2D eigenvalue weighted by Crippen LogP contribution is -2.53. The van der Waals surface area contributed by atoms with Crippen LogP contribution in [0.2, 0.25) is 0 Å². The molecule has 1 aliphatic heterocycles. The molecule has 0 aliphatic carbocycles. The lowest BCUT2D eigenvalue weighted by molar-refractivity contribution is -0.127. The van der Waals surface area contributed by atoms with Crippen LogP contribution in [0.4, 0.5) is 5.69 Å². The predicted molar refractivity (Wildman–Crippen MR) is 119 cm³/mol. The fourth-order valence-electron chi connectivity index (χ4n) is 3.53. The van der Waals surface area contributed by atoms with Crippen LogP contribution < -0.4 is 20.3 Å². The molecule has 1 aliphatic rings. The number of amides is 2. The molecule has 3 rings (SSSR count). The van der Waals surface area contributed by atoms with E-state index in [9.17, 15) is 9.59 Å². The third-order valence-corrected chi connectivity index (χ3v) is 5.17. The smallest absolute Gasteiger partial charge is 0.244 e. The quantitative estimate of drug-likeness (QED) is 0.693. The van der Waals surface area contributed by atoms with Gasteiger partial charge in [-0.3, -0.25) is 9.59 Å². The van der Waals surface area contributed by atoms with Crippen LogP contribution in [0.25, 0.3) is 6.08 Å². The Kier molecular flexibility index (Phi) is 7.49. The molecule has 2 atom stereocenters. The van der Waals surface area contributed by atoms with Crippen LogP contribution in [0.15, 0.2) is 60.7 Å². The predicted octanol–water partition coefficient (Wildman–Crippen LogP) is 3.00. The monoisotopic (exact) mass is 407 g/mol. The van der Waals surface area contributed by atoms with Gasteiger partial charge in [0.25, 0.3) is 0 Å². The maximum absolute atomic E-state index is 12.6. The molecule has 2 aromatic rings. The molecule has 2 aromatic carbocycles. The molecule has 0 bridgehead atoms. The Bertz CT molecular complexity index is 882. The van der Waals surface area contributed by atoms with Gasteiger partial charge >= 0.3 is 0 Å². The van der Waals surface area contributed by atoms with E-state index in [4.69, 9.17) is 4.74 Å². The number of piperidine rings is 1. The summed E-state index contributed by atoms with van der Waals surface area (Å²) >= 11 is 0. The van der Waals surface area contributed by atoms with Crippen molar-refractivity contribution in [3.63, 3.8) is 0 Å². The van der Waals surface area contributed by atoms with Gasteiger partial charge < -0.3 is 20.3 Å². The van der Waals surface area contributed by atoms with E-state index in [-0.39, 0.29) is 17.9 Å². The standard InChI is InChI=1S/C24H29N3O3/c1-18(25-23(28)14-13-19-8-4-3-5-9-19)24(29)26-20-10-7-15-27(17-20)21-11-6-12-22(16-21)30-2/h3-6,8-9,11-14,16,18,20H,7,10,15,17H2,1-2H3,(H,25,28)(H,26,29)/b14-13+. The average molecular weight is 408 g/mol. The van der Waals surface area contributed by atoms with Gasteiger partial charge in [0.2, 0.25) is 11.8 Å². The molecular weight excluding hydrogens is 378 g/mol. The molecule has 0 saturated carbocycles. The van der Waals surface area contributed by atoms with Gasteiger partial charge in [0.05, 0.1) is 7.11 Å². The van der Waals surface area contributed by atoms with Crippen molar-refractivity contribution in [3.8, 4) is 5.75 Å². The Morgan fingerprint density at radius 3 is 2.73 bits per heavy atom. The molecule has 2 amide bonds.